The summed E-state index contributed by atoms with van der Waals surface area (Å²) in [5.41, 5.74) is 1.35. The molecule has 2 heteroatoms. The lowest BCUT2D eigenvalue weighted by Crippen LogP contribution is -2.40. The Hall–Kier alpha value is -1.05. The second-order valence-corrected chi connectivity index (χ2v) is 4.66. The number of nitrogens with zero attached hydrogens (tertiary/aromatic N) is 2. The monoisotopic (exact) mass is 221 g/mol. The average Bonchev–Trinajstić information content (AvgIpc) is 2.24. The molecule has 0 radical (unpaired) electrons. The molecule has 0 atom stereocenters. The van der Waals surface area contributed by atoms with Crippen molar-refractivity contribution in [3.8, 4) is 0 Å². The molecule has 0 aromatic carbocycles. The highest BCUT2D eigenvalue weighted by molar-refractivity contribution is 5.39. The molecule has 0 N–H and O–H groups in total. The van der Waals surface area contributed by atoms with Crippen molar-refractivity contribution < 1.29 is 4.57 Å². The third-order valence-electron chi connectivity index (χ3n) is 2.91. The fraction of sp³-hybridized carbons (Fsp3) is 0.643. The molecule has 0 saturated heterocycles. The van der Waals surface area contributed by atoms with E-state index >= 15 is 0 Å². The van der Waals surface area contributed by atoms with Gasteiger partial charge >= 0.3 is 0 Å². The van der Waals surface area contributed by atoms with Gasteiger partial charge in [0.2, 0.25) is 0 Å². The summed E-state index contributed by atoms with van der Waals surface area (Å²) in [6.07, 6.45) is 7.46. The molecule has 0 aliphatic carbocycles. The van der Waals surface area contributed by atoms with Gasteiger partial charge in [-0.15, -0.1) is 0 Å². The van der Waals surface area contributed by atoms with Crippen molar-refractivity contribution in [3.05, 3.63) is 23.9 Å². The maximum absolute atomic E-state index is 2.37. The van der Waals surface area contributed by atoms with Crippen LogP contribution in [0.4, 0.5) is 5.82 Å². The topological polar surface area (TPSA) is 7.12 Å². The normalized spacial score (nSPS) is 10.5. The lowest BCUT2D eigenvalue weighted by molar-refractivity contribution is -0.685. The van der Waals surface area contributed by atoms with Crippen LogP contribution in [0.5, 0.6) is 0 Å². The highest BCUT2D eigenvalue weighted by Crippen LogP contribution is 2.11. The number of aryl methyl sites for hydroxylation is 2. The van der Waals surface area contributed by atoms with Gasteiger partial charge in [0.15, 0.2) is 0 Å². The number of rotatable bonds is 6. The summed E-state index contributed by atoms with van der Waals surface area (Å²) in [5, 5.41) is 0. The van der Waals surface area contributed by atoms with Crippen LogP contribution in [0, 0.1) is 6.92 Å². The van der Waals surface area contributed by atoms with Crippen molar-refractivity contribution in [2.24, 2.45) is 0 Å². The van der Waals surface area contributed by atoms with Crippen LogP contribution in [0.15, 0.2) is 18.3 Å². The summed E-state index contributed by atoms with van der Waals surface area (Å²) in [7, 11) is 4.23. The van der Waals surface area contributed by atoms with Gasteiger partial charge in [0, 0.05) is 5.56 Å². The van der Waals surface area contributed by atoms with Gasteiger partial charge < -0.3 is 0 Å². The molecular formula is C14H25N2+. The van der Waals surface area contributed by atoms with Crippen LogP contribution in [0.3, 0.4) is 0 Å². The zero-order chi connectivity index (χ0) is 12.0. The number of aromatic nitrogens is 1. The molecule has 0 amide bonds. The van der Waals surface area contributed by atoms with E-state index in [1.807, 2.05) is 0 Å². The predicted molar refractivity (Wildman–Crippen MR) is 69.8 cm³/mol. The van der Waals surface area contributed by atoms with E-state index in [0.29, 0.717) is 0 Å². The first-order valence-electron chi connectivity index (χ1n) is 6.33. The Bertz CT molecular complexity index is 319. The molecule has 0 saturated carbocycles. The van der Waals surface area contributed by atoms with E-state index in [4.69, 9.17) is 0 Å². The predicted octanol–water partition coefficient (Wildman–Crippen LogP) is 2.93. The molecule has 0 bridgehead atoms. The molecule has 0 aliphatic rings. The minimum Gasteiger partial charge on any atom is -0.267 e. The SMILES string of the molecule is CCCCCC[n+]1cccc(C)c1N(C)C. The van der Waals surface area contributed by atoms with Crippen molar-refractivity contribution in [2.75, 3.05) is 19.0 Å². The number of hydrogen-bond acceptors (Lipinski definition) is 1. The van der Waals surface area contributed by atoms with Gasteiger partial charge in [0.25, 0.3) is 5.82 Å². The summed E-state index contributed by atoms with van der Waals surface area (Å²) >= 11 is 0. The van der Waals surface area contributed by atoms with Crippen LogP contribution in [0.1, 0.15) is 38.2 Å². The molecule has 0 spiro atoms. The Kier molecular flexibility index (Phi) is 5.30. The van der Waals surface area contributed by atoms with Crippen molar-refractivity contribution in [1.82, 2.24) is 0 Å². The number of unbranched alkanes of at least 4 members (excludes halogenated alkanes) is 3. The minimum atomic E-state index is 1.13. The molecule has 0 aliphatic heterocycles. The second-order valence-electron chi connectivity index (χ2n) is 4.66. The fourth-order valence-electron chi connectivity index (χ4n) is 2.16. The third-order valence-corrected chi connectivity index (χ3v) is 2.91. The molecule has 0 unspecified atom stereocenters. The molecule has 1 aromatic rings. The van der Waals surface area contributed by atoms with Gasteiger partial charge in [0.05, 0.1) is 26.8 Å². The molecule has 0 fully saturated rings. The van der Waals surface area contributed by atoms with Crippen LogP contribution in [0.25, 0.3) is 0 Å². The smallest absolute Gasteiger partial charge is 0.267 e. The fourth-order valence-corrected chi connectivity index (χ4v) is 2.16. The quantitative estimate of drug-likeness (QED) is 0.529. The van der Waals surface area contributed by atoms with Gasteiger partial charge in [0.1, 0.15) is 0 Å². The largest absolute Gasteiger partial charge is 0.279 e. The zero-order valence-corrected chi connectivity index (χ0v) is 11.2. The summed E-state index contributed by atoms with van der Waals surface area (Å²) < 4.78 is 2.37. The number of pyridine rings is 1. The van der Waals surface area contributed by atoms with Gasteiger partial charge in [-0.1, -0.05) is 19.8 Å². The highest BCUT2D eigenvalue weighted by atomic mass is 15.2. The summed E-state index contributed by atoms with van der Waals surface area (Å²) in [6.45, 7) is 5.57. The van der Waals surface area contributed by atoms with E-state index in [-0.39, 0.29) is 0 Å². The minimum absolute atomic E-state index is 1.13. The summed E-state index contributed by atoms with van der Waals surface area (Å²) in [6, 6.07) is 4.32. The van der Waals surface area contributed by atoms with E-state index in [1.165, 1.54) is 37.1 Å². The maximum Gasteiger partial charge on any atom is 0.279 e. The van der Waals surface area contributed by atoms with Gasteiger partial charge in [-0.2, -0.15) is 0 Å². The summed E-state index contributed by atoms with van der Waals surface area (Å²) in [4.78, 5) is 2.20. The Morgan fingerprint density at radius 2 is 1.94 bits per heavy atom. The van der Waals surface area contributed by atoms with Crippen LogP contribution in [-0.4, -0.2) is 14.1 Å². The Balaban J connectivity index is 2.67. The molecule has 90 valence electrons. The van der Waals surface area contributed by atoms with Crippen molar-refractivity contribution in [1.29, 1.82) is 0 Å². The average molecular weight is 221 g/mol. The van der Waals surface area contributed by atoms with Gasteiger partial charge in [-0.05, 0) is 31.9 Å². The van der Waals surface area contributed by atoms with Gasteiger partial charge in [-0.25, -0.2) is 4.57 Å². The third kappa shape index (κ3) is 3.51. The van der Waals surface area contributed by atoms with Crippen molar-refractivity contribution in [2.45, 2.75) is 46.1 Å². The van der Waals surface area contributed by atoms with Crippen molar-refractivity contribution in [3.63, 3.8) is 0 Å². The van der Waals surface area contributed by atoms with E-state index in [2.05, 4.69) is 55.7 Å². The van der Waals surface area contributed by atoms with Crippen LogP contribution < -0.4 is 9.47 Å². The van der Waals surface area contributed by atoms with Gasteiger partial charge in [-0.3, -0.25) is 4.90 Å². The Labute approximate surface area is 99.9 Å². The Morgan fingerprint density at radius 1 is 1.19 bits per heavy atom. The van der Waals surface area contributed by atoms with Crippen LogP contribution >= 0.6 is 0 Å². The van der Waals surface area contributed by atoms with E-state index in [9.17, 15) is 0 Å². The van der Waals surface area contributed by atoms with Crippen molar-refractivity contribution >= 4 is 5.82 Å². The first-order chi connectivity index (χ1) is 7.66. The first-order valence-corrected chi connectivity index (χ1v) is 6.33. The van der Waals surface area contributed by atoms with E-state index in [0.717, 1.165) is 6.54 Å². The van der Waals surface area contributed by atoms with E-state index in [1.54, 1.807) is 0 Å². The van der Waals surface area contributed by atoms with Crippen LogP contribution in [-0.2, 0) is 6.54 Å². The molecule has 1 rings (SSSR count). The maximum atomic E-state index is 2.37. The highest BCUT2D eigenvalue weighted by Gasteiger charge is 2.13. The second kappa shape index (κ2) is 6.51. The molecular weight excluding hydrogens is 196 g/mol. The van der Waals surface area contributed by atoms with Crippen LogP contribution in [0.2, 0.25) is 0 Å². The molecule has 2 nitrogen and oxygen atoms in total. The number of anilines is 1. The molecule has 16 heavy (non-hydrogen) atoms. The Morgan fingerprint density at radius 3 is 2.56 bits per heavy atom. The first kappa shape index (κ1) is 13.0. The standard InChI is InChI=1S/C14H25N2/c1-5-6-7-8-11-16-12-9-10-13(2)14(16)15(3)4/h9-10,12H,5-8,11H2,1-4H3/q+1. The number of hydrogen-bond donors (Lipinski definition) is 0. The van der Waals surface area contributed by atoms with E-state index < -0.39 is 0 Å². The molecule has 1 aromatic heterocycles. The zero-order valence-electron chi connectivity index (χ0n) is 11.2. The molecule has 1 heterocycles. The lowest BCUT2D eigenvalue weighted by atomic mass is 10.2. The summed E-state index contributed by atoms with van der Waals surface area (Å²) in [5.74, 6) is 1.33. The lowest BCUT2D eigenvalue weighted by Gasteiger charge is -2.13.